The first kappa shape index (κ1) is 19.8. The molecule has 140 valence electrons. The van der Waals surface area contributed by atoms with E-state index in [9.17, 15) is 18.5 Å². The normalized spacial score (nSPS) is 18.2. The highest BCUT2D eigenvalue weighted by Crippen LogP contribution is 2.21. The lowest BCUT2D eigenvalue weighted by Crippen LogP contribution is -2.46. The van der Waals surface area contributed by atoms with E-state index in [4.69, 9.17) is 0 Å². The number of sulfonamides is 1. The molecular weight excluding hydrogens is 344 g/mol. The highest BCUT2D eigenvalue weighted by molar-refractivity contribution is 7.89. The van der Waals surface area contributed by atoms with Crippen LogP contribution < -0.4 is 4.72 Å². The molecule has 1 aliphatic heterocycles. The van der Waals surface area contributed by atoms with Crippen molar-refractivity contribution in [3.8, 4) is 0 Å². The fraction of sp³-hybridized carbons (Fsp3) is 0.625. The first-order valence-corrected chi connectivity index (χ1v) is 9.83. The molecule has 1 atom stereocenters. The van der Waals surface area contributed by atoms with Crippen molar-refractivity contribution < 1.29 is 13.3 Å². The highest BCUT2D eigenvalue weighted by atomic mass is 32.2. The van der Waals surface area contributed by atoms with Gasteiger partial charge in [-0.3, -0.25) is 10.1 Å². The second-order valence-corrected chi connectivity index (χ2v) is 8.50. The topological polar surface area (TPSA) is 95.8 Å². The molecule has 1 fully saturated rings. The minimum Gasteiger partial charge on any atom is -0.304 e. The Bertz CT molecular complexity index is 715. The van der Waals surface area contributed by atoms with Crippen LogP contribution in [0.25, 0.3) is 0 Å². The second kappa shape index (κ2) is 8.22. The molecule has 8 nitrogen and oxygen atoms in total. The van der Waals surface area contributed by atoms with Gasteiger partial charge in [0.1, 0.15) is 0 Å². The molecule has 1 aromatic carbocycles. The maximum atomic E-state index is 12.5. The van der Waals surface area contributed by atoms with Gasteiger partial charge in [0.15, 0.2) is 0 Å². The molecule has 0 aliphatic carbocycles. The van der Waals surface area contributed by atoms with Gasteiger partial charge in [0.25, 0.3) is 5.69 Å². The van der Waals surface area contributed by atoms with Gasteiger partial charge in [-0.1, -0.05) is 6.92 Å². The van der Waals surface area contributed by atoms with Crippen molar-refractivity contribution in [1.29, 1.82) is 0 Å². The molecule has 0 saturated carbocycles. The maximum absolute atomic E-state index is 12.5. The minimum absolute atomic E-state index is 0.0879. The molecule has 9 heteroatoms. The Morgan fingerprint density at radius 3 is 2.48 bits per heavy atom. The van der Waals surface area contributed by atoms with Crippen LogP contribution in [-0.2, 0) is 10.0 Å². The highest BCUT2D eigenvalue weighted by Gasteiger charge is 2.21. The summed E-state index contributed by atoms with van der Waals surface area (Å²) in [6, 6.07) is 3.79. The average Bonchev–Trinajstić information content (AvgIpc) is 2.55. The Morgan fingerprint density at radius 2 is 1.92 bits per heavy atom. The van der Waals surface area contributed by atoms with E-state index in [2.05, 4.69) is 21.6 Å². The van der Waals surface area contributed by atoms with Gasteiger partial charge in [-0.2, -0.15) is 0 Å². The zero-order chi connectivity index (χ0) is 18.6. The van der Waals surface area contributed by atoms with Crippen LogP contribution in [0.4, 0.5) is 5.69 Å². The number of nitro groups is 1. The van der Waals surface area contributed by atoms with E-state index in [-0.39, 0.29) is 16.5 Å². The molecule has 1 aromatic rings. The van der Waals surface area contributed by atoms with Crippen molar-refractivity contribution in [3.63, 3.8) is 0 Å². The van der Waals surface area contributed by atoms with Crippen molar-refractivity contribution in [2.75, 3.05) is 46.3 Å². The smallest absolute Gasteiger partial charge is 0.269 e. The minimum atomic E-state index is -3.68. The zero-order valence-electron chi connectivity index (χ0n) is 14.9. The summed E-state index contributed by atoms with van der Waals surface area (Å²) in [5.41, 5.74) is 0.258. The van der Waals surface area contributed by atoms with Crippen molar-refractivity contribution >= 4 is 15.7 Å². The number of benzene rings is 1. The quantitative estimate of drug-likeness (QED) is 0.570. The lowest BCUT2D eigenvalue weighted by atomic mass is 10.1. The number of piperazine rings is 1. The molecule has 0 radical (unpaired) electrons. The number of aryl methyl sites for hydroxylation is 1. The van der Waals surface area contributed by atoms with E-state index in [1.54, 1.807) is 6.92 Å². The third kappa shape index (κ3) is 5.46. The van der Waals surface area contributed by atoms with Crippen LogP contribution in [0.1, 0.15) is 12.5 Å². The van der Waals surface area contributed by atoms with Crippen LogP contribution in [0.15, 0.2) is 23.1 Å². The Labute approximate surface area is 149 Å². The van der Waals surface area contributed by atoms with Crippen molar-refractivity contribution in [3.05, 3.63) is 33.9 Å². The van der Waals surface area contributed by atoms with E-state index in [0.29, 0.717) is 12.1 Å². The largest absolute Gasteiger partial charge is 0.304 e. The van der Waals surface area contributed by atoms with Gasteiger partial charge in [0.2, 0.25) is 10.0 Å². The lowest BCUT2D eigenvalue weighted by Gasteiger charge is -2.33. The lowest BCUT2D eigenvalue weighted by molar-refractivity contribution is -0.385. The second-order valence-electron chi connectivity index (χ2n) is 6.77. The number of non-ortho nitro benzene ring substituents is 1. The van der Waals surface area contributed by atoms with Gasteiger partial charge in [-0.15, -0.1) is 0 Å². The number of rotatable bonds is 7. The Kier molecular flexibility index (Phi) is 6.50. The molecule has 0 bridgehead atoms. The standard InChI is InChI=1S/C16H26N4O4S/c1-13(12-19-8-6-18(3)7-9-19)11-17-25(23,24)16-5-4-15(20(21)22)10-14(16)2/h4-5,10,13,17H,6-9,11-12H2,1-3H3. The number of nitrogens with zero attached hydrogens (tertiary/aromatic N) is 3. The molecule has 2 rings (SSSR count). The van der Waals surface area contributed by atoms with Crippen LogP contribution >= 0.6 is 0 Å². The fourth-order valence-electron chi connectivity index (χ4n) is 2.91. The molecule has 25 heavy (non-hydrogen) atoms. The first-order chi connectivity index (χ1) is 11.7. The molecular formula is C16H26N4O4S. The van der Waals surface area contributed by atoms with Crippen LogP contribution in [0.3, 0.4) is 0 Å². The summed E-state index contributed by atoms with van der Waals surface area (Å²) in [4.78, 5) is 14.9. The van der Waals surface area contributed by atoms with Crippen LogP contribution in [0, 0.1) is 23.0 Å². The SMILES string of the molecule is Cc1cc([N+](=O)[O-])ccc1S(=O)(=O)NCC(C)CN1CCN(C)CC1. The van der Waals surface area contributed by atoms with E-state index in [1.807, 2.05) is 6.92 Å². The van der Waals surface area contributed by atoms with E-state index >= 15 is 0 Å². The van der Waals surface area contributed by atoms with Crippen LogP contribution in [0.2, 0.25) is 0 Å². The molecule has 1 saturated heterocycles. The van der Waals surface area contributed by atoms with Gasteiger partial charge in [0, 0.05) is 51.4 Å². The summed E-state index contributed by atoms with van der Waals surface area (Å²) in [5.74, 6) is 0.177. The van der Waals surface area contributed by atoms with E-state index < -0.39 is 14.9 Å². The molecule has 1 aliphatic rings. The van der Waals surface area contributed by atoms with Crippen molar-refractivity contribution in [1.82, 2.24) is 14.5 Å². The van der Waals surface area contributed by atoms with E-state index in [1.165, 1.54) is 18.2 Å². The van der Waals surface area contributed by atoms with Crippen molar-refractivity contribution in [2.24, 2.45) is 5.92 Å². The van der Waals surface area contributed by atoms with Crippen LogP contribution in [-0.4, -0.2) is 69.5 Å². The predicted octanol–water partition coefficient (Wildman–Crippen LogP) is 1.07. The third-order valence-corrected chi connectivity index (χ3v) is 6.03. The number of hydrogen-bond acceptors (Lipinski definition) is 6. The van der Waals surface area contributed by atoms with Gasteiger partial charge in [-0.05, 0) is 31.5 Å². The monoisotopic (exact) mass is 370 g/mol. The van der Waals surface area contributed by atoms with Crippen LogP contribution in [0.5, 0.6) is 0 Å². The maximum Gasteiger partial charge on any atom is 0.269 e. The summed E-state index contributed by atoms with van der Waals surface area (Å²) in [7, 11) is -1.58. The summed E-state index contributed by atoms with van der Waals surface area (Å²) in [6.07, 6.45) is 0. The molecule has 1 unspecified atom stereocenters. The summed E-state index contributed by atoms with van der Waals surface area (Å²) in [6.45, 7) is 8.81. The summed E-state index contributed by atoms with van der Waals surface area (Å²) < 4.78 is 27.6. The predicted molar refractivity (Wildman–Crippen MR) is 96.1 cm³/mol. The van der Waals surface area contributed by atoms with E-state index in [0.717, 1.165) is 32.7 Å². The fourth-order valence-corrected chi connectivity index (χ4v) is 4.30. The van der Waals surface area contributed by atoms with Gasteiger partial charge in [-0.25, -0.2) is 13.1 Å². The number of hydrogen-bond donors (Lipinski definition) is 1. The first-order valence-electron chi connectivity index (χ1n) is 8.34. The number of likely N-dealkylation sites (N-methyl/N-ethyl adjacent to an activating group) is 1. The Hall–Kier alpha value is -1.55. The molecule has 1 heterocycles. The Morgan fingerprint density at radius 1 is 1.28 bits per heavy atom. The third-order valence-electron chi connectivity index (χ3n) is 4.45. The molecule has 1 N–H and O–H groups in total. The van der Waals surface area contributed by atoms with Gasteiger partial charge < -0.3 is 9.80 Å². The molecule has 0 aromatic heterocycles. The zero-order valence-corrected chi connectivity index (χ0v) is 15.8. The van der Waals surface area contributed by atoms with Gasteiger partial charge in [0.05, 0.1) is 9.82 Å². The number of nitro benzene ring substituents is 1. The summed E-state index contributed by atoms with van der Waals surface area (Å²) in [5, 5.41) is 10.8. The summed E-state index contributed by atoms with van der Waals surface area (Å²) >= 11 is 0. The molecule has 0 amide bonds. The average molecular weight is 370 g/mol. The Balaban J connectivity index is 1.93. The van der Waals surface area contributed by atoms with Gasteiger partial charge >= 0.3 is 0 Å². The molecule has 0 spiro atoms. The van der Waals surface area contributed by atoms with Crippen molar-refractivity contribution in [2.45, 2.75) is 18.7 Å². The number of nitrogens with one attached hydrogen (secondary N) is 1.